The van der Waals surface area contributed by atoms with Crippen molar-refractivity contribution in [1.82, 2.24) is 20.2 Å². The number of tetrazole rings is 1. The highest BCUT2D eigenvalue weighted by molar-refractivity contribution is 5.63. The zero-order chi connectivity index (χ0) is 15.0. The van der Waals surface area contributed by atoms with Crippen LogP contribution in [0.15, 0.2) is 12.1 Å². The molecule has 2 heterocycles. The van der Waals surface area contributed by atoms with E-state index in [4.69, 9.17) is 10.5 Å². The van der Waals surface area contributed by atoms with Gasteiger partial charge in [0.2, 0.25) is 0 Å². The SMILES string of the molecule is Cc1cc(N)cc(-c2nnnn2C2(C)CCOCC2)c1F. The molecule has 112 valence electrons. The first kappa shape index (κ1) is 13.9. The van der Waals surface area contributed by atoms with Gasteiger partial charge in [-0.15, -0.1) is 5.10 Å². The van der Waals surface area contributed by atoms with E-state index in [-0.39, 0.29) is 11.4 Å². The maximum absolute atomic E-state index is 14.4. The van der Waals surface area contributed by atoms with Gasteiger partial charge in [-0.25, -0.2) is 9.07 Å². The summed E-state index contributed by atoms with van der Waals surface area (Å²) in [5.41, 5.74) is 6.87. The van der Waals surface area contributed by atoms with Crippen LogP contribution in [0.2, 0.25) is 0 Å². The zero-order valence-corrected chi connectivity index (χ0v) is 12.1. The third kappa shape index (κ3) is 2.37. The quantitative estimate of drug-likeness (QED) is 0.855. The molecule has 3 rings (SSSR count). The van der Waals surface area contributed by atoms with E-state index < -0.39 is 0 Å². The number of halogens is 1. The maximum Gasteiger partial charge on any atom is 0.185 e. The van der Waals surface area contributed by atoms with Crippen molar-refractivity contribution in [3.05, 3.63) is 23.5 Å². The molecule has 1 aromatic heterocycles. The van der Waals surface area contributed by atoms with Gasteiger partial charge >= 0.3 is 0 Å². The summed E-state index contributed by atoms with van der Waals surface area (Å²) in [6, 6.07) is 3.18. The summed E-state index contributed by atoms with van der Waals surface area (Å²) < 4.78 is 21.5. The van der Waals surface area contributed by atoms with Crippen molar-refractivity contribution in [3.8, 4) is 11.4 Å². The highest BCUT2D eigenvalue weighted by atomic mass is 19.1. The molecule has 21 heavy (non-hydrogen) atoms. The molecule has 0 atom stereocenters. The van der Waals surface area contributed by atoms with E-state index in [1.807, 2.05) is 0 Å². The number of aromatic nitrogens is 4. The predicted octanol–water partition coefficient (Wildman–Crippen LogP) is 1.90. The van der Waals surface area contributed by atoms with Gasteiger partial charge in [0.15, 0.2) is 5.82 Å². The molecule has 0 radical (unpaired) electrons. The van der Waals surface area contributed by atoms with Crippen LogP contribution in [0.25, 0.3) is 11.4 Å². The second-order valence-corrected chi connectivity index (χ2v) is 5.72. The lowest BCUT2D eigenvalue weighted by atomic mass is 9.92. The Morgan fingerprint density at radius 1 is 1.33 bits per heavy atom. The molecule has 0 spiro atoms. The van der Waals surface area contributed by atoms with E-state index in [2.05, 4.69) is 22.4 Å². The van der Waals surface area contributed by atoms with Crippen molar-refractivity contribution < 1.29 is 9.13 Å². The molecule has 2 aromatic rings. The molecular weight excluding hydrogens is 273 g/mol. The predicted molar refractivity (Wildman–Crippen MR) is 76.1 cm³/mol. The molecule has 0 bridgehead atoms. The highest BCUT2D eigenvalue weighted by Gasteiger charge is 2.34. The van der Waals surface area contributed by atoms with Gasteiger partial charge in [0.25, 0.3) is 0 Å². The van der Waals surface area contributed by atoms with E-state index >= 15 is 0 Å². The van der Waals surface area contributed by atoms with Crippen molar-refractivity contribution in [1.29, 1.82) is 0 Å². The number of benzene rings is 1. The van der Waals surface area contributed by atoms with Crippen LogP contribution in [0.4, 0.5) is 10.1 Å². The fraction of sp³-hybridized carbons (Fsp3) is 0.500. The Hall–Kier alpha value is -2.02. The minimum atomic E-state index is -0.337. The summed E-state index contributed by atoms with van der Waals surface area (Å²) in [4.78, 5) is 0. The topological polar surface area (TPSA) is 78.9 Å². The van der Waals surface area contributed by atoms with Crippen LogP contribution >= 0.6 is 0 Å². The third-order valence-electron chi connectivity index (χ3n) is 4.07. The summed E-state index contributed by atoms with van der Waals surface area (Å²) in [5, 5.41) is 11.8. The molecule has 1 fully saturated rings. The van der Waals surface area contributed by atoms with Crippen molar-refractivity contribution in [2.24, 2.45) is 0 Å². The Labute approximate surface area is 122 Å². The molecule has 1 aliphatic heterocycles. The van der Waals surface area contributed by atoms with Gasteiger partial charge in [-0.3, -0.25) is 0 Å². The fourth-order valence-electron chi connectivity index (χ4n) is 2.70. The van der Waals surface area contributed by atoms with E-state index in [1.54, 1.807) is 23.7 Å². The zero-order valence-electron chi connectivity index (χ0n) is 12.1. The number of ether oxygens (including phenoxy) is 1. The molecule has 0 saturated carbocycles. The first-order valence-electron chi connectivity index (χ1n) is 6.94. The molecule has 1 saturated heterocycles. The Kier molecular flexibility index (Phi) is 3.36. The van der Waals surface area contributed by atoms with Crippen LogP contribution in [0.3, 0.4) is 0 Å². The number of hydrogen-bond acceptors (Lipinski definition) is 5. The van der Waals surface area contributed by atoms with Gasteiger partial charge in [-0.2, -0.15) is 0 Å². The van der Waals surface area contributed by atoms with Gasteiger partial charge in [-0.1, -0.05) is 0 Å². The number of nitrogens with zero attached hydrogens (tertiary/aromatic N) is 4. The molecule has 7 heteroatoms. The standard InChI is InChI=1S/C14H18FN5O/c1-9-7-10(16)8-11(12(9)15)13-17-18-19-20(13)14(2)3-5-21-6-4-14/h7-8H,3-6,16H2,1-2H3. The molecule has 2 N–H and O–H groups in total. The molecule has 1 aromatic carbocycles. The van der Waals surface area contributed by atoms with Crippen molar-refractivity contribution >= 4 is 5.69 Å². The van der Waals surface area contributed by atoms with Gasteiger partial charge in [0.05, 0.1) is 11.1 Å². The molecule has 1 aliphatic rings. The molecule has 0 aliphatic carbocycles. The van der Waals surface area contributed by atoms with Crippen LogP contribution in [-0.4, -0.2) is 33.4 Å². The van der Waals surface area contributed by atoms with E-state index in [0.29, 0.717) is 35.9 Å². The first-order chi connectivity index (χ1) is 10.0. The van der Waals surface area contributed by atoms with Crippen LogP contribution in [0.5, 0.6) is 0 Å². The van der Waals surface area contributed by atoms with Crippen molar-refractivity contribution in [3.63, 3.8) is 0 Å². The molecule has 0 amide bonds. The van der Waals surface area contributed by atoms with Gasteiger partial charge < -0.3 is 10.5 Å². The number of nitrogens with two attached hydrogens (primary N) is 1. The highest BCUT2D eigenvalue weighted by Crippen LogP contribution is 2.33. The average Bonchev–Trinajstić information content (AvgIpc) is 2.93. The lowest BCUT2D eigenvalue weighted by molar-refractivity contribution is 0.0240. The Balaban J connectivity index is 2.11. The first-order valence-corrected chi connectivity index (χ1v) is 6.94. The lowest BCUT2D eigenvalue weighted by Crippen LogP contribution is -2.38. The second-order valence-electron chi connectivity index (χ2n) is 5.72. The summed E-state index contributed by atoms with van der Waals surface area (Å²) in [6.07, 6.45) is 1.57. The number of hydrogen-bond donors (Lipinski definition) is 1. The van der Waals surface area contributed by atoms with Crippen LogP contribution < -0.4 is 5.73 Å². The molecule has 0 unspecified atom stereocenters. The smallest absolute Gasteiger partial charge is 0.185 e. The van der Waals surface area contributed by atoms with E-state index in [0.717, 1.165) is 12.8 Å². The minimum Gasteiger partial charge on any atom is -0.399 e. The van der Waals surface area contributed by atoms with E-state index in [1.165, 1.54) is 0 Å². The van der Waals surface area contributed by atoms with Gasteiger partial charge in [-0.05, 0) is 54.8 Å². The van der Waals surface area contributed by atoms with Gasteiger partial charge in [0.1, 0.15) is 5.82 Å². The van der Waals surface area contributed by atoms with Crippen LogP contribution in [-0.2, 0) is 10.3 Å². The summed E-state index contributed by atoms with van der Waals surface area (Å²) in [6.45, 7) is 5.04. The number of rotatable bonds is 2. The number of aryl methyl sites for hydroxylation is 1. The second kappa shape index (κ2) is 5.07. The summed E-state index contributed by atoms with van der Waals surface area (Å²) in [5.74, 6) is 0.0724. The van der Waals surface area contributed by atoms with Crippen LogP contribution in [0.1, 0.15) is 25.3 Å². The Bertz CT molecular complexity index is 663. The lowest BCUT2D eigenvalue weighted by Gasteiger charge is -2.33. The van der Waals surface area contributed by atoms with Crippen LogP contribution in [0, 0.1) is 12.7 Å². The average molecular weight is 291 g/mol. The normalized spacial score (nSPS) is 17.9. The monoisotopic (exact) mass is 291 g/mol. The Morgan fingerprint density at radius 3 is 2.76 bits per heavy atom. The fourth-order valence-corrected chi connectivity index (χ4v) is 2.70. The number of nitrogen functional groups attached to an aromatic ring is 1. The maximum atomic E-state index is 14.4. The largest absolute Gasteiger partial charge is 0.399 e. The third-order valence-corrected chi connectivity index (χ3v) is 4.07. The van der Waals surface area contributed by atoms with Crippen molar-refractivity contribution in [2.75, 3.05) is 18.9 Å². The molecule has 6 nitrogen and oxygen atoms in total. The van der Waals surface area contributed by atoms with Crippen molar-refractivity contribution in [2.45, 2.75) is 32.2 Å². The number of anilines is 1. The van der Waals surface area contributed by atoms with E-state index in [9.17, 15) is 4.39 Å². The summed E-state index contributed by atoms with van der Waals surface area (Å²) >= 11 is 0. The van der Waals surface area contributed by atoms with Gasteiger partial charge in [0, 0.05) is 18.9 Å². The minimum absolute atomic E-state index is 0.276. The summed E-state index contributed by atoms with van der Waals surface area (Å²) in [7, 11) is 0. The Morgan fingerprint density at radius 2 is 2.05 bits per heavy atom. The molecular formula is C14H18FN5O.